The van der Waals surface area contributed by atoms with Crippen LogP contribution in [-0.2, 0) is 4.74 Å². The van der Waals surface area contributed by atoms with Crippen molar-refractivity contribution in [2.75, 3.05) is 13.1 Å². The number of amides is 1. The van der Waals surface area contributed by atoms with Gasteiger partial charge in [0.25, 0.3) is 0 Å². The Balaban J connectivity index is 1.54. The van der Waals surface area contributed by atoms with E-state index < -0.39 is 11.4 Å². The van der Waals surface area contributed by atoms with Gasteiger partial charge in [0.05, 0.1) is 5.56 Å². The van der Waals surface area contributed by atoms with E-state index in [0.717, 1.165) is 31.5 Å². The van der Waals surface area contributed by atoms with Crippen LogP contribution >= 0.6 is 0 Å². The van der Waals surface area contributed by atoms with Crippen molar-refractivity contribution in [3.05, 3.63) is 35.1 Å². The number of benzene rings is 1. The van der Waals surface area contributed by atoms with Crippen molar-refractivity contribution >= 4 is 6.09 Å². The second-order valence-corrected chi connectivity index (χ2v) is 7.79. The van der Waals surface area contributed by atoms with Crippen LogP contribution in [0.2, 0.25) is 0 Å². The molecule has 0 atom stereocenters. The van der Waals surface area contributed by atoms with E-state index in [9.17, 15) is 9.18 Å². The molecule has 23 heavy (non-hydrogen) atoms. The van der Waals surface area contributed by atoms with Crippen molar-refractivity contribution in [2.45, 2.75) is 45.1 Å². The first-order chi connectivity index (χ1) is 10.7. The zero-order valence-electron chi connectivity index (χ0n) is 13.7. The average molecular weight is 316 g/mol. The molecule has 1 aliphatic carbocycles. The molecular formula is C18H21FN2O2. The Kier molecular flexibility index (Phi) is 3.59. The molecule has 122 valence electrons. The zero-order valence-corrected chi connectivity index (χ0v) is 13.7. The van der Waals surface area contributed by atoms with E-state index >= 15 is 0 Å². The summed E-state index contributed by atoms with van der Waals surface area (Å²) in [5, 5.41) is 8.77. The van der Waals surface area contributed by atoms with Crippen molar-refractivity contribution in [3.63, 3.8) is 0 Å². The second-order valence-electron chi connectivity index (χ2n) is 7.79. The van der Waals surface area contributed by atoms with Crippen LogP contribution in [0.25, 0.3) is 0 Å². The number of rotatable bonds is 1. The molecule has 1 saturated heterocycles. The molecule has 2 fully saturated rings. The van der Waals surface area contributed by atoms with E-state index in [-0.39, 0.29) is 17.1 Å². The van der Waals surface area contributed by atoms with Gasteiger partial charge in [-0.05, 0) is 57.2 Å². The maximum Gasteiger partial charge on any atom is 0.410 e. The van der Waals surface area contributed by atoms with E-state index in [1.807, 2.05) is 32.9 Å². The van der Waals surface area contributed by atoms with Gasteiger partial charge in [0.1, 0.15) is 17.5 Å². The fraction of sp³-hybridized carbons (Fsp3) is 0.556. The molecule has 1 aliphatic heterocycles. The first-order valence-electron chi connectivity index (χ1n) is 7.89. The Hall–Kier alpha value is -2.09. The lowest BCUT2D eigenvalue weighted by Gasteiger charge is -2.58. The molecule has 0 N–H and O–H groups in total. The van der Waals surface area contributed by atoms with Crippen molar-refractivity contribution < 1.29 is 13.9 Å². The van der Waals surface area contributed by atoms with Crippen LogP contribution < -0.4 is 0 Å². The summed E-state index contributed by atoms with van der Waals surface area (Å²) < 4.78 is 19.1. The molecule has 0 aromatic heterocycles. The molecule has 1 heterocycles. The van der Waals surface area contributed by atoms with Gasteiger partial charge < -0.3 is 9.64 Å². The van der Waals surface area contributed by atoms with E-state index in [1.54, 1.807) is 11.0 Å². The van der Waals surface area contributed by atoms with Gasteiger partial charge >= 0.3 is 6.09 Å². The van der Waals surface area contributed by atoms with E-state index in [2.05, 4.69) is 0 Å². The summed E-state index contributed by atoms with van der Waals surface area (Å²) >= 11 is 0. The number of likely N-dealkylation sites (tertiary alicyclic amines) is 1. The largest absolute Gasteiger partial charge is 0.444 e. The molecule has 3 rings (SSSR count). The number of hydrogen-bond donors (Lipinski definition) is 0. The molecule has 1 spiro atoms. The standard InChI is InChI=1S/C18H21FN2O2/c1-17(2,3)23-16(22)21-10-18(11-21)7-14(8-18)12-4-5-13(9-20)15(19)6-12/h4-6,14H,7-8,10-11H2,1-3H3. The van der Waals surface area contributed by atoms with Crippen LogP contribution in [0.1, 0.15) is 50.7 Å². The Bertz CT molecular complexity index is 673. The van der Waals surface area contributed by atoms with Crippen molar-refractivity contribution in [1.82, 2.24) is 4.90 Å². The highest BCUT2D eigenvalue weighted by Gasteiger charge is 2.54. The first kappa shape index (κ1) is 15.8. The molecule has 1 saturated carbocycles. The fourth-order valence-corrected chi connectivity index (χ4v) is 3.57. The van der Waals surface area contributed by atoms with Crippen molar-refractivity contribution in [3.8, 4) is 6.07 Å². The lowest BCUT2D eigenvalue weighted by atomic mass is 9.56. The third-order valence-electron chi connectivity index (χ3n) is 4.65. The van der Waals surface area contributed by atoms with Crippen LogP contribution in [0.15, 0.2) is 18.2 Å². The molecule has 1 aromatic rings. The Labute approximate surface area is 135 Å². The molecule has 0 unspecified atom stereocenters. The van der Waals surface area contributed by atoms with E-state index in [0.29, 0.717) is 5.92 Å². The Morgan fingerprint density at radius 1 is 1.39 bits per heavy atom. The maximum absolute atomic E-state index is 13.7. The van der Waals surface area contributed by atoms with Gasteiger partial charge in [0.2, 0.25) is 0 Å². The minimum Gasteiger partial charge on any atom is -0.444 e. The lowest BCUT2D eigenvalue weighted by molar-refractivity contribution is -0.0786. The topological polar surface area (TPSA) is 53.3 Å². The van der Waals surface area contributed by atoms with Crippen LogP contribution in [0.5, 0.6) is 0 Å². The summed E-state index contributed by atoms with van der Waals surface area (Å²) in [6.45, 7) is 7.02. The SMILES string of the molecule is CC(C)(C)OC(=O)N1CC2(CC(c3ccc(C#N)c(F)c3)C2)C1. The van der Waals surface area contributed by atoms with Gasteiger partial charge in [-0.2, -0.15) is 5.26 Å². The van der Waals surface area contributed by atoms with Gasteiger partial charge in [0.15, 0.2) is 0 Å². The van der Waals surface area contributed by atoms with Gasteiger partial charge in [-0.3, -0.25) is 0 Å². The van der Waals surface area contributed by atoms with E-state index in [4.69, 9.17) is 10.00 Å². The highest BCUT2D eigenvalue weighted by Crippen LogP contribution is 2.56. The lowest BCUT2D eigenvalue weighted by Crippen LogP contribution is -2.63. The smallest absolute Gasteiger partial charge is 0.410 e. The number of carbonyl (C=O) groups is 1. The summed E-state index contributed by atoms with van der Waals surface area (Å²) in [4.78, 5) is 13.7. The highest BCUT2D eigenvalue weighted by molar-refractivity contribution is 5.69. The van der Waals surface area contributed by atoms with Crippen LogP contribution in [-0.4, -0.2) is 29.7 Å². The Morgan fingerprint density at radius 2 is 2.04 bits per heavy atom. The maximum atomic E-state index is 13.7. The number of carbonyl (C=O) groups excluding carboxylic acids is 1. The molecular weight excluding hydrogens is 295 g/mol. The monoisotopic (exact) mass is 316 g/mol. The summed E-state index contributed by atoms with van der Waals surface area (Å²) in [5.74, 6) is -0.132. The second kappa shape index (κ2) is 5.23. The number of hydrogen-bond acceptors (Lipinski definition) is 3. The van der Waals surface area contributed by atoms with Gasteiger partial charge in [0, 0.05) is 18.5 Å². The molecule has 2 aliphatic rings. The molecule has 1 amide bonds. The third-order valence-corrected chi connectivity index (χ3v) is 4.65. The minimum absolute atomic E-state index is 0.0857. The quantitative estimate of drug-likeness (QED) is 0.791. The minimum atomic E-state index is -0.470. The predicted molar refractivity (Wildman–Crippen MR) is 83.3 cm³/mol. The first-order valence-corrected chi connectivity index (χ1v) is 7.89. The average Bonchev–Trinajstić information content (AvgIpc) is 2.33. The summed E-state index contributed by atoms with van der Waals surface area (Å²) in [6, 6.07) is 6.69. The molecule has 4 nitrogen and oxygen atoms in total. The fourth-order valence-electron chi connectivity index (χ4n) is 3.57. The van der Waals surface area contributed by atoms with Gasteiger partial charge in [-0.15, -0.1) is 0 Å². The normalized spacial score (nSPS) is 19.7. The number of nitrogens with zero attached hydrogens (tertiary/aromatic N) is 2. The molecule has 1 aromatic carbocycles. The van der Waals surface area contributed by atoms with Crippen molar-refractivity contribution in [2.24, 2.45) is 5.41 Å². The Morgan fingerprint density at radius 3 is 2.57 bits per heavy atom. The summed E-state index contributed by atoms with van der Waals surface area (Å²) in [5.41, 5.74) is 0.735. The summed E-state index contributed by atoms with van der Waals surface area (Å²) in [6.07, 6.45) is 1.66. The molecule has 0 radical (unpaired) electrons. The van der Waals surface area contributed by atoms with Crippen LogP contribution in [0, 0.1) is 22.6 Å². The third kappa shape index (κ3) is 3.03. The number of halogens is 1. The van der Waals surface area contributed by atoms with Crippen molar-refractivity contribution in [1.29, 1.82) is 5.26 Å². The summed E-state index contributed by atoms with van der Waals surface area (Å²) in [7, 11) is 0. The van der Waals surface area contributed by atoms with Crippen LogP contribution in [0.4, 0.5) is 9.18 Å². The van der Waals surface area contributed by atoms with E-state index in [1.165, 1.54) is 6.07 Å². The van der Waals surface area contributed by atoms with Crippen LogP contribution in [0.3, 0.4) is 0 Å². The number of nitriles is 1. The van der Waals surface area contributed by atoms with Gasteiger partial charge in [-0.1, -0.05) is 6.07 Å². The molecule has 5 heteroatoms. The number of ether oxygens (including phenoxy) is 1. The highest BCUT2D eigenvalue weighted by atomic mass is 19.1. The molecule has 0 bridgehead atoms. The predicted octanol–water partition coefficient (Wildman–Crippen LogP) is 3.81. The zero-order chi connectivity index (χ0) is 16.8. The van der Waals surface area contributed by atoms with Gasteiger partial charge in [-0.25, -0.2) is 9.18 Å².